The van der Waals surface area contributed by atoms with E-state index in [1.54, 1.807) is 13.0 Å². The van der Waals surface area contributed by atoms with Gasteiger partial charge in [0.2, 0.25) is 5.95 Å². The number of hydrogen-bond donors (Lipinski definition) is 2. The zero-order valence-electron chi connectivity index (χ0n) is 13.6. The standard InChI is InChI=1S/C17H17N5O2/c1-10-4-5-14(6-11(10)2)20-16(23)13-8-18-17(19-9-13)21-15-7-12(3)24-22-15/h4-9H,1-3H3,(H,20,23)(H,18,19,21,22). The van der Waals surface area contributed by atoms with Crippen LogP contribution in [0.2, 0.25) is 0 Å². The van der Waals surface area contributed by atoms with E-state index in [0.29, 0.717) is 23.1 Å². The van der Waals surface area contributed by atoms with E-state index in [-0.39, 0.29) is 5.91 Å². The first-order chi connectivity index (χ1) is 11.5. The fourth-order valence-corrected chi connectivity index (χ4v) is 2.07. The van der Waals surface area contributed by atoms with Gasteiger partial charge in [0, 0.05) is 24.1 Å². The number of rotatable bonds is 4. The number of aromatic nitrogens is 3. The maximum Gasteiger partial charge on any atom is 0.258 e. The van der Waals surface area contributed by atoms with Crippen LogP contribution in [-0.2, 0) is 0 Å². The van der Waals surface area contributed by atoms with Crippen molar-refractivity contribution >= 4 is 23.4 Å². The van der Waals surface area contributed by atoms with Gasteiger partial charge in [0.15, 0.2) is 5.82 Å². The van der Waals surface area contributed by atoms with Gasteiger partial charge in [-0.15, -0.1) is 0 Å². The molecule has 2 aromatic heterocycles. The lowest BCUT2D eigenvalue weighted by Crippen LogP contribution is -2.13. The normalized spacial score (nSPS) is 10.5. The highest BCUT2D eigenvalue weighted by Crippen LogP contribution is 2.16. The lowest BCUT2D eigenvalue weighted by atomic mass is 10.1. The van der Waals surface area contributed by atoms with Gasteiger partial charge in [-0.3, -0.25) is 4.79 Å². The minimum atomic E-state index is -0.262. The Morgan fingerprint density at radius 1 is 1.04 bits per heavy atom. The predicted octanol–water partition coefficient (Wildman–Crippen LogP) is 3.39. The Kier molecular flexibility index (Phi) is 4.24. The highest BCUT2D eigenvalue weighted by Gasteiger charge is 2.09. The molecule has 7 heteroatoms. The molecule has 3 rings (SSSR count). The minimum absolute atomic E-state index is 0.262. The molecular weight excluding hydrogens is 306 g/mol. The molecule has 0 bridgehead atoms. The van der Waals surface area contributed by atoms with Crippen molar-refractivity contribution in [2.75, 3.05) is 10.6 Å². The third kappa shape index (κ3) is 3.57. The molecule has 0 aliphatic heterocycles. The van der Waals surface area contributed by atoms with Gasteiger partial charge in [-0.1, -0.05) is 11.2 Å². The average molecular weight is 323 g/mol. The van der Waals surface area contributed by atoms with E-state index >= 15 is 0 Å². The zero-order chi connectivity index (χ0) is 17.1. The number of carbonyl (C=O) groups excluding carboxylic acids is 1. The first-order valence-electron chi connectivity index (χ1n) is 7.42. The van der Waals surface area contributed by atoms with Gasteiger partial charge in [0.05, 0.1) is 5.56 Å². The van der Waals surface area contributed by atoms with E-state index in [0.717, 1.165) is 11.3 Å². The molecule has 122 valence electrons. The molecule has 2 heterocycles. The summed E-state index contributed by atoms with van der Waals surface area (Å²) < 4.78 is 4.95. The number of anilines is 3. The Morgan fingerprint density at radius 2 is 1.79 bits per heavy atom. The second-order valence-electron chi connectivity index (χ2n) is 5.50. The second kappa shape index (κ2) is 6.49. The molecule has 0 saturated carbocycles. The summed E-state index contributed by atoms with van der Waals surface area (Å²) in [7, 11) is 0. The number of aryl methyl sites for hydroxylation is 3. The van der Waals surface area contributed by atoms with E-state index < -0.39 is 0 Å². The summed E-state index contributed by atoms with van der Waals surface area (Å²) in [6.45, 7) is 5.82. The molecule has 0 aliphatic rings. The molecule has 0 unspecified atom stereocenters. The highest BCUT2D eigenvalue weighted by atomic mass is 16.5. The Bertz CT molecular complexity index is 871. The maximum absolute atomic E-state index is 12.2. The van der Waals surface area contributed by atoms with Gasteiger partial charge in [0.1, 0.15) is 5.76 Å². The average Bonchev–Trinajstić information content (AvgIpc) is 2.96. The zero-order valence-corrected chi connectivity index (χ0v) is 13.6. The molecular formula is C17H17N5O2. The fourth-order valence-electron chi connectivity index (χ4n) is 2.07. The largest absolute Gasteiger partial charge is 0.360 e. The predicted molar refractivity (Wildman–Crippen MR) is 90.4 cm³/mol. The summed E-state index contributed by atoms with van der Waals surface area (Å²) in [5.41, 5.74) is 3.40. The van der Waals surface area contributed by atoms with Crippen LogP contribution in [-0.4, -0.2) is 21.0 Å². The number of amides is 1. The summed E-state index contributed by atoms with van der Waals surface area (Å²) in [6.07, 6.45) is 2.91. The monoisotopic (exact) mass is 323 g/mol. The Hall–Kier alpha value is -3.22. The molecule has 0 radical (unpaired) electrons. The topological polar surface area (TPSA) is 92.9 Å². The third-order valence-corrected chi connectivity index (χ3v) is 3.55. The summed E-state index contributed by atoms with van der Waals surface area (Å²) >= 11 is 0. The first-order valence-corrected chi connectivity index (χ1v) is 7.42. The van der Waals surface area contributed by atoms with Crippen molar-refractivity contribution in [3.8, 4) is 0 Å². The molecule has 0 aliphatic carbocycles. The van der Waals surface area contributed by atoms with Crippen molar-refractivity contribution in [1.29, 1.82) is 0 Å². The van der Waals surface area contributed by atoms with Crippen LogP contribution in [0.1, 0.15) is 27.2 Å². The Labute approximate surface area is 139 Å². The molecule has 2 N–H and O–H groups in total. The summed E-state index contributed by atoms with van der Waals surface area (Å²) in [6, 6.07) is 7.49. The van der Waals surface area contributed by atoms with Crippen molar-refractivity contribution in [2.24, 2.45) is 0 Å². The number of carbonyl (C=O) groups is 1. The quantitative estimate of drug-likeness (QED) is 0.764. The number of nitrogens with one attached hydrogen (secondary N) is 2. The summed E-state index contributed by atoms with van der Waals surface area (Å²) in [4.78, 5) is 20.5. The molecule has 0 atom stereocenters. The molecule has 1 amide bonds. The highest BCUT2D eigenvalue weighted by molar-refractivity contribution is 6.03. The van der Waals surface area contributed by atoms with Crippen LogP contribution < -0.4 is 10.6 Å². The molecule has 0 fully saturated rings. The van der Waals surface area contributed by atoms with Crippen molar-refractivity contribution in [2.45, 2.75) is 20.8 Å². The van der Waals surface area contributed by atoms with E-state index in [1.807, 2.05) is 32.0 Å². The molecule has 1 aromatic carbocycles. The van der Waals surface area contributed by atoms with Gasteiger partial charge in [-0.2, -0.15) is 0 Å². The second-order valence-corrected chi connectivity index (χ2v) is 5.50. The van der Waals surface area contributed by atoms with Crippen LogP contribution in [0.15, 0.2) is 41.2 Å². The minimum Gasteiger partial charge on any atom is -0.360 e. The third-order valence-electron chi connectivity index (χ3n) is 3.55. The lowest BCUT2D eigenvalue weighted by molar-refractivity contribution is 0.102. The van der Waals surface area contributed by atoms with Crippen molar-refractivity contribution in [1.82, 2.24) is 15.1 Å². The van der Waals surface area contributed by atoms with Crippen LogP contribution in [0.5, 0.6) is 0 Å². The molecule has 7 nitrogen and oxygen atoms in total. The van der Waals surface area contributed by atoms with E-state index in [4.69, 9.17) is 4.52 Å². The van der Waals surface area contributed by atoms with Crippen molar-refractivity contribution in [3.05, 3.63) is 59.1 Å². The SMILES string of the molecule is Cc1cc(Nc2ncc(C(=O)Nc3ccc(C)c(C)c3)cn2)no1. The number of nitrogens with zero attached hydrogens (tertiary/aromatic N) is 3. The molecule has 24 heavy (non-hydrogen) atoms. The van der Waals surface area contributed by atoms with Gasteiger partial charge >= 0.3 is 0 Å². The van der Waals surface area contributed by atoms with Crippen LogP contribution in [0, 0.1) is 20.8 Å². The van der Waals surface area contributed by atoms with Gasteiger partial charge in [-0.25, -0.2) is 9.97 Å². The molecule has 0 saturated heterocycles. The van der Waals surface area contributed by atoms with E-state index in [9.17, 15) is 4.79 Å². The lowest BCUT2D eigenvalue weighted by Gasteiger charge is -2.07. The fraction of sp³-hybridized carbons (Fsp3) is 0.176. The van der Waals surface area contributed by atoms with Gasteiger partial charge in [-0.05, 0) is 44.0 Å². The van der Waals surface area contributed by atoms with E-state index in [1.165, 1.54) is 18.0 Å². The van der Waals surface area contributed by atoms with Crippen LogP contribution in [0.3, 0.4) is 0 Å². The number of hydrogen-bond acceptors (Lipinski definition) is 6. The van der Waals surface area contributed by atoms with Crippen molar-refractivity contribution in [3.63, 3.8) is 0 Å². The van der Waals surface area contributed by atoms with Crippen molar-refractivity contribution < 1.29 is 9.32 Å². The maximum atomic E-state index is 12.2. The van der Waals surface area contributed by atoms with Crippen LogP contribution in [0.4, 0.5) is 17.5 Å². The molecule has 3 aromatic rings. The Morgan fingerprint density at radius 3 is 2.42 bits per heavy atom. The Balaban J connectivity index is 1.68. The van der Waals surface area contributed by atoms with E-state index in [2.05, 4.69) is 25.8 Å². The smallest absolute Gasteiger partial charge is 0.258 e. The summed E-state index contributed by atoms with van der Waals surface area (Å²) in [5, 5.41) is 9.52. The first kappa shape index (κ1) is 15.7. The summed E-state index contributed by atoms with van der Waals surface area (Å²) in [5.74, 6) is 1.27. The van der Waals surface area contributed by atoms with Crippen LogP contribution >= 0.6 is 0 Å². The van der Waals surface area contributed by atoms with Gasteiger partial charge < -0.3 is 15.2 Å². The van der Waals surface area contributed by atoms with Gasteiger partial charge in [0.25, 0.3) is 5.91 Å². The van der Waals surface area contributed by atoms with Crippen LogP contribution in [0.25, 0.3) is 0 Å². The molecule has 0 spiro atoms. The number of benzene rings is 1.